The molecular weight excluding hydrogens is 472 g/mol. The van der Waals surface area contributed by atoms with Gasteiger partial charge in [0.05, 0.1) is 35.7 Å². The SMILES string of the molecule is COc1ccc2ncc(Cl)c([C@H](O)CCC3(C(=O)O)CCN(CC#Cc4ccsc4)CC3)c2c1. The number of halogens is 1. The highest BCUT2D eigenvalue weighted by molar-refractivity contribution is 7.08. The largest absolute Gasteiger partial charge is 0.497 e. The van der Waals surface area contributed by atoms with Gasteiger partial charge in [-0.05, 0) is 55.3 Å². The molecule has 1 atom stereocenters. The Kier molecular flexibility index (Phi) is 7.74. The van der Waals surface area contributed by atoms with Crippen LogP contribution in [0.1, 0.15) is 42.9 Å². The fourth-order valence-electron chi connectivity index (χ4n) is 4.49. The summed E-state index contributed by atoms with van der Waals surface area (Å²) in [6.07, 6.45) is 2.32. The van der Waals surface area contributed by atoms with Crippen LogP contribution in [0, 0.1) is 17.3 Å². The van der Waals surface area contributed by atoms with Gasteiger partial charge in [-0.15, -0.1) is 0 Å². The molecule has 2 N–H and O–H groups in total. The highest BCUT2D eigenvalue weighted by atomic mass is 35.5. The van der Waals surface area contributed by atoms with E-state index in [9.17, 15) is 15.0 Å². The molecule has 178 valence electrons. The van der Waals surface area contributed by atoms with E-state index in [0.717, 1.165) is 5.56 Å². The first kappa shape index (κ1) is 24.5. The number of thiophene rings is 1. The lowest BCUT2D eigenvalue weighted by molar-refractivity contribution is -0.153. The Bertz CT molecular complexity index is 1210. The number of piperidine rings is 1. The van der Waals surface area contributed by atoms with Crippen LogP contribution in [0.4, 0.5) is 0 Å². The second-order valence-corrected chi connectivity index (χ2v) is 9.82. The van der Waals surface area contributed by atoms with E-state index in [1.807, 2.05) is 22.9 Å². The number of aliphatic hydroxyl groups is 1. The molecule has 8 heteroatoms. The van der Waals surface area contributed by atoms with E-state index in [-0.39, 0.29) is 0 Å². The average molecular weight is 499 g/mol. The number of carbonyl (C=O) groups is 1. The lowest BCUT2D eigenvalue weighted by Gasteiger charge is -2.38. The summed E-state index contributed by atoms with van der Waals surface area (Å²) >= 11 is 8.04. The Hall–Kier alpha value is -2.63. The van der Waals surface area contributed by atoms with Crippen LogP contribution in [-0.4, -0.2) is 52.8 Å². The van der Waals surface area contributed by atoms with E-state index in [4.69, 9.17) is 16.3 Å². The molecule has 1 aromatic carbocycles. The minimum Gasteiger partial charge on any atom is -0.497 e. The van der Waals surface area contributed by atoms with Gasteiger partial charge in [-0.25, -0.2) is 0 Å². The minimum absolute atomic E-state index is 0.292. The van der Waals surface area contributed by atoms with Gasteiger partial charge in [-0.2, -0.15) is 11.3 Å². The second-order valence-electron chi connectivity index (χ2n) is 8.63. The van der Waals surface area contributed by atoms with Gasteiger partial charge in [0.15, 0.2) is 0 Å². The Morgan fingerprint density at radius 2 is 2.15 bits per heavy atom. The zero-order chi connectivity index (χ0) is 24.1. The van der Waals surface area contributed by atoms with Gasteiger partial charge in [0.1, 0.15) is 5.75 Å². The lowest BCUT2D eigenvalue weighted by atomic mass is 9.74. The van der Waals surface area contributed by atoms with Crippen LogP contribution in [0.25, 0.3) is 10.9 Å². The average Bonchev–Trinajstić information content (AvgIpc) is 3.36. The van der Waals surface area contributed by atoms with Crippen molar-refractivity contribution in [1.82, 2.24) is 9.88 Å². The number of carboxylic acid groups (broad SMARTS) is 1. The minimum atomic E-state index is -0.907. The highest BCUT2D eigenvalue weighted by Crippen LogP contribution is 2.41. The summed E-state index contributed by atoms with van der Waals surface area (Å²) < 4.78 is 5.31. The number of aromatic nitrogens is 1. The molecule has 34 heavy (non-hydrogen) atoms. The molecule has 0 spiro atoms. The van der Waals surface area contributed by atoms with Crippen molar-refractivity contribution in [2.24, 2.45) is 5.41 Å². The number of aliphatic hydroxyl groups excluding tert-OH is 1. The maximum atomic E-state index is 12.3. The summed E-state index contributed by atoms with van der Waals surface area (Å²) in [5, 5.41) is 26.2. The summed E-state index contributed by atoms with van der Waals surface area (Å²) in [5.41, 5.74) is 1.40. The Balaban J connectivity index is 1.43. The van der Waals surface area contributed by atoms with Gasteiger partial charge in [0.2, 0.25) is 0 Å². The molecule has 0 unspecified atom stereocenters. The fraction of sp³-hybridized carbons (Fsp3) is 0.385. The van der Waals surface area contributed by atoms with E-state index in [1.54, 1.807) is 30.6 Å². The quantitative estimate of drug-likeness (QED) is 0.446. The molecule has 0 aliphatic carbocycles. The summed E-state index contributed by atoms with van der Waals surface area (Å²) in [6, 6.07) is 7.41. The van der Waals surface area contributed by atoms with Crippen LogP contribution in [-0.2, 0) is 4.79 Å². The molecule has 2 aromatic heterocycles. The smallest absolute Gasteiger partial charge is 0.309 e. The number of fused-ring (bicyclic) bond motifs is 1. The van der Waals surface area contributed by atoms with Crippen LogP contribution in [0.5, 0.6) is 5.75 Å². The van der Waals surface area contributed by atoms with Crippen molar-refractivity contribution in [2.45, 2.75) is 31.8 Å². The highest BCUT2D eigenvalue weighted by Gasteiger charge is 2.41. The topological polar surface area (TPSA) is 82.9 Å². The molecule has 1 aliphatic rings. The molecule has 3 aromatic rings. The predicted octanol–water partition coefficient (Wildman–Crippen LogP) is 4.99. The first-order chi connectivity index (χ1) is 16.4. The number of methoxy groups -OCH3 is 1. The number of carboxylic acids is 1. The molecule has 0 amide bonds. The van der Waals surface area contributed by atoms with Crippen molar-refractivity contribution in [3.63, 3.8) is 0 Å². The summed E-state index contributed by atoms with van der Waals surface area (Å²) in [5.74, 6) is 6.16. The van der Waals surface area contributed by atoms with Crippen molar-refractivity contribution in [3.05, 3.63) is 57.4 Å². The number of aliphatic carboxylic acids is 1. The van der Waals surface area contributed by atoms with E-state index in [1.165, 1.54) is 6.20 Å². The summed E-state index contributed by atoms with van der Waals surface area (Å²) in [4.78, 5) is 18.8. The van der Waals surface area contributed by atoms with Crippen LogP contribution < -0.4 is 4.74 Å². The maximum absolute atomic E-state index is 12.3. The third kappa shape index (κ3) is 5.37. The van der Waals surface area contributed by atoms with Gasteiger partial charge in [0.25, 0.3) is 0 Å². The zero-order valence-corrected chi connectivity index (χ0v) is 20.5. The standard InChI is InChI=1S/C26H27ClN2O4S/c1-33-19-4-5-22-20(15-19)24(21(27)16-28-22)23(30)6-8-26(25(31)32)9-12-29(13-10-26)11-2-3-18-7-14-34-17-18/h4-5,7,14-17,23,30H,6,8-13H2,1H3,(H,31,32)/t23-/m1/s1. The second kappa shape index (κ2) is 10.7. The number of nitrogens with zero attached hydrogens (tertiary/aromatic N) is 2. The molecule has 4 rings (SSSR count). The molecule has 0 radical (unpaired) electrons. The van der Waals surface area contributed by atoms with E-state index in [2.05, 4.69) is 21.7 Å². The van der Waals surface area contributed by atoms with Gasteiger partial charge >= 0.3 is 5.97 Å². The molecular formula is C26H27ClN2O4S. The van der Waals surface area contributed by atoms with E-state index in [0.29, 0.717) is 72.6 Å². The third-order valence-corrected chi connectivity index (χ3v) is 7.61. The van der Waals surface area contributed by atoms with Gasteiger partial charge in [-0.3, -0.25) is 14.7 Å². The number of hydrogen-bond donors (Lipinski definition) is 2. The lowest BCUT2D eigenvalue weighted by Crippen LogP contribution is -2.44. The Labute approximate surface area is 208 Å². The summed E-state index contributed by atoms with van der Waals surface area (Å²) in [6.45, 7) is 1.95. The molecule has 1 saturated heterocycles. The Morgan fingerprint density at radius 3 is 2.82 bits per heavy atom. The monoisotopic (exact) mass is 498 g/mol. The first-order valence-electron chi connectivity index (χ1n) is 11.2. The van der Waals surface area contributed by atoms with Crippen LogP contribution in [0.15, 0.2) is 41.2 Å². The zero-order valence-electron chi connectivity index (χ0n) is 19.0. The first-order valence-corrected chi connectivity index (χ1v) is 12.5. The molecule has 6 nitrogen and oxygen atoms in total. The Morgan fingerprint density at radius 1 is 1.35 bits per heavy atom. The normalized spacial score (nSPS) is 16.6. The molecule has 0 bridgehead atoms. The number of benzene rings is 1. The van der Waals surface area contributed by atoms with Crippen LogP contribution in [0.3, 0.4) is 0 Å². The van der Waals surface area contributed by atoms with Gasteiger partial charge in [0, 0.05) is 41.2 Å². The number of ether oxygens (including phenoxy) is 1. The van der Waals surface area contributed by atoms with Crippen molar-refractivity contribution in [3.8, 4) is 17.6 Å². The van der Waals surface area contributed by atoms with Gasteiger partial charge in [-0.1, -0.05) is 23.4 Å². The van der Waals surface area contributed by atoms with Crippen molar-refractivity contribution < 1.29 is 19.7 Å². The predicted molar refractivity (Wildman–Crippen MR) is 134 cm³/mol. The molecule has 1 fully saturated rings. The van der Waals surface area contributed by atoms with Crippen molar-refractivity contribution in [1.29, 1.82) is 0 Å². The van der Waals surface area contributed by atoms with Crippen molar-refractivity contribution in [2.75, 3.05) is 26.7 Å². The van der Waals surface area contributed by atoms with E-state index >= 15 is 0 Å². The number of hydrogen-bond acceptors (Lipinski definition) is 6. The molecule has 3 heterocycles. The van der Waals surface area contributed by atoms with Crippen LogP contribution >= 0.6 is 22.9 Å². The molecule has 1 aliphatic heterocycles. The maximum Gasteiger partial charge on any atom is 0.309 e. The van der Waals surface area contributed by atoms with Crippen LogP contribution in [0.2, 0.25) is 5.02 Å². The van der Waals surface area contributed by atoms with E-state index < -0.39 is 17.5 Å². The summed E-state index contributed by atoms with van der Waals surface area (Å²) in [7, 11) is 1.58. The number of pyridine rings is 1. The fourth-order valence-corrected chi connectivity index (χ4v) is 5.35. The van der Waals surface area contributed by atoms with Crippen molar-refractivity contribution >= 4 is 39.8 Å². The third-order valence-electron chi connectivity index (χ3n) is 6.62. The number of rotatable bonds is 7. The van der Waals surface area contributed by atoms with Gasteiger partial charge < -0.3 is 14.9 Å². The number of likely N-dealkylation sites (tertiary alicyclic amines) is 1. The molecule has 0 saturated carbocycles.